The van der Waals surface area contributed by atoms with E-state index in [0.29, 0.717) is 5.92 Å². The maximum absolute atomic E-state index is 9.06. The molecule has 0 spiro atoms. The highest BCUT2D eigenvalue weighted by Crippen LogP contribution is 2.18. The van der Waals surface area contributed by atoms with E-state index < -0.39 is 0 Å². The molecule has 0 amide bonds. The van der Waals surface area contributed by atoms with Gasteiger partial charge >= 0.3 is 0 Å². The van der Waals surface area contributed by atoms with Crippen LogP contribution < -0.4 is 5.32 Å². The second-order valence-electron chi connectivity index (χ2n) is 4.96. The molecule has 2 N–H and O–H groups in total. The number of hydrogen-bond donors (Lipinski definition) is 2. The summed E-state index contributed by atoms with van der Waals surface area (Å²) in [4.78, 5) is 0. The zero-order valence-corrected chi connectivity index (χ0v) is 11.2. The molecule has 0 saturated heterocycles. The number of hydrogen-bond acceptors (Lipinski definition) is 2. The molecule has 2 heteroatoms. The predicted molar refractivity (Wildman–Crippen MR) is 73.1 cm³/mol. The molecule has 0 heterocycles. The Hall–Kier alpha value is -0.860. The van der Waals surface area contributed by atoms with Crippen LogP contribution in [0.1, 0.15) is 44.4 Å². The van der Waals surface area contributed by atoms with Gasteiger partial charge in [-0.3, -0.25) is 0 Å². The molecule has 1 atom stereocenters. The highest BCUT2D eigenvalue weighted by atomic mass is 16.3. The van der Waals surface area contributed by atoms with Crippen molar-refractivity contribution in [1.29, 1.82) is 0 Å². The highest BCUT2D eigenvalue weighted by molar-refractivity contribution is 5.25. The van der Waals surface area contributed by atoms with Crippen LogP contribution in [0.2, 0.25) is 0 Å². The van der Waals surface area contributed by atoms with Crippen LogP contribution >= 0.6 is 0 Å². The van der Waals surface area contributed by atoms with Crippen molar-refractivity contribution in [2.24, 2.45) is 5.92 Å². The van der Waals surface area contributed by atoms with Crippen LogP contribution in [0, 0.1) is 5.92 Å². The van der Waals surface area contributed by atoms with Gasteiger partial charge < -0.3 is 10.4 Å². The molecule has 96 valence electrons. The van der Waals surface area contributed by atoms with Crippen LogP contribution in [0.5, 0.6) is 0 Å². The van der Waals surface area contributed by atoms with Gasteiger partial charge in [-0.15, -0.1) is 0 Å². The molecule has 1 aromatic carbocycles. The fraction of sp³-hybridized carbons (Fsp3) is 0.600. The molecule has 2 nitrogen and oxygen atoms in total. The summed E-state index contributed by atoms with van der Waals surface area (Å²) < 4.78 is 0. The fourth-order valence-electron chi connectivity index (χ4n) is 2.12. The molecule has 17 heavy (non-hydrogen) atoms. The summed E-state index contributed by atoms with van der Waals surface area (Å²) in [7, 11) is 0. The minimum absolute atomic E-state index is 0.228. The summed E-state index contributed by atoms with van der Waals surface area (Å²) in [6, 6.07) is 9.05. The molecule has 0 saturated carbocycles. The van der Waals surface area contributed by atoms with Crippen LogP contribution in [0.4, 0.5) is 0 Å². The summed E-state index contributed by atoms with van der Waals surface area (Å²) in [5.74, 6) is 0.697. The van der Waals surface area contributed by atoms with Crippen LogP contribution in [-0.4, -0.2) is 18.3 Å². The lowest BCUT2D eigenvalue weighted by Crippen LogP contribution is -2.21. The summed E-state index contributed by atoms with van der Waals surface area (Å²) in [5.41, 5.74) is 2.66. The van der Waals surface area contributed by atoms with Crippen molar-refractivity contribution in [3.05, 3.63) is 35.4 Å². The Morgan fingerprint density at radius 2 is 1.82 bits per heavy atom. The van der Waals surface area contributed by atoms with Gasteiger partial charge in [0.05, 0.1) is 0 Å². The smallest absolute Gasteiger partial charge is 0.0449 e. The molecule has 1 unspecified atom stereocenters. The zero-order chi connectivity index (χ0) is 12.7. The fourth-order valence-corrected chi connectivity index (χ4v) is 2.12. The lowest BCUT2D eigenvalue weighted by molar-refractivity contribution is 0.266. The first-order chi connectivity index (χ1) is 8.17. The third-order valence-electron chi connectivity index (χ3n) is 2.89. The van der Waals surface area contributed by atoms with E-state index in [-0.39, 0.29) is 12.6 Å². The maximum Gasteiger partial charge on any atom is 0.0449 e. The number of aliphatic hydroxyl groups is 1. The highest BCUT2D eigenvalue weighted by Gasteiger charge is 2.09. The van der Waals surface area contributed by atoms with Crippen molar-refractivity contribution in [3.63, 3.8) is 0 Å². The lowest BCUT2D eigenvalue weighted by atomic mass is 9.98. The predicted octanol–water partition coefficient (Wildman–Crippen LogP) is 2.92. The quantitative estimate of drug-likeness (QED) is 0.761. The average Bonchev–Trinajstić information content (AvgIpc) is 2.29. The van der Waals surface area contributed by atoms with Gasteiger partial charge in [0, 0.05) is 12.6 Å². The minimum atomic E-state index is 0.228. The number of nitrogens with one attached hydrogen (secondary N) is 1. The van der Waals surface area contributed by atoms with Crippen molar-refractivity contribution in [2.75, 3.05) is 13.2 Å². The summed E-state index contributed by atoms with van der Waals surface area (Å²) in [6.07, 6.45) is 1.91. The van der Waals surface area contributed by atoms with Crippen molar-refractivity contribution in [2.45, 2.75) is 39.7 Å². The molecule has 0 aromatic heterocycles. The number of rotatable bonds is 7. The second kappa shape index (κ2) is 7.46. The first-order valence-corrected chi connectivity index (χ1v) is 6.60. The van der Waals surface area contributed by atoms with Gasteiger partial charge in [-0.1, -0.05) is 45.0 Å². The van der Waals surface area contributed by atoms with Crippen molar-refractivity contribution in [3.8, 4) is 0 Å². The van der Waals surface area contributed by atoms with Crippen molar-refractivity contribution < 1.29 is 5.11 Å². The van der Waals surface area contributed by atoms with Gasteiger partial charge in [0.25, 0.3) is 0 Å². The first-order valence-electron chi connectivity index (χ1n) is 6.60. The van der Waals surface area contributed by atoms with Gasteiger partial charge in [0.15, 0.2) is 0 Å². The molecular weight excluding hydrogens is 210 g/mol. The molecule has 0 radical (unpaired) electrons. The monoisotopic (exact) mass is 235 g/mol. The molecule has 0 aliphatic rings. The van der Waals surface area contributed by atoms with Gasteiger partial charge in [-0.25, -0.2) is 0 Å². The van der Waals surface area contributed by atoms with E-state index in [1.54, 1.807) is 0 Å². The van der Waals surface area contributed by atoms with E-state index >= 15 is 0 Å². The third-order valence-corrected chi connectivity index (χ3v) is 2.89. The van der Waals surface area contributed by atoms with Crippen LogP contribution in [0.25, 0.3) is 0 Å². The lowest BCUT2D eigenvalue weighted by Gasteiger charge is -2.17. The Bertz CT molecular complexity index is 299. The Balaban J connectivity index is 2.69. The van der Waals surface area contributed by atoms with E-state index in [2.05, 4.69) is 50.4 Å². The molecule has 0 bridgehead atoms. The van der Waals surface area contributed by atoms with E-state index in [0.717, 1.165) is 19.4 Å². The van der Waals surface area contributed by atoms with Gasteiger partial charge in [0.2, 0.25) is 0 Å². The molecule has 1 rings (SSSR count). The third kappa shape index (κ3) is 4.88. The Labute approximate surface area is 105 Å². The standard InChI is InChI=1S/C15H25NO/c1-4-16-15(9-10-17)14-7-5-13(6-8-14)11-12(2)3/h5-8,12,15-17H,4,9-11H2,1-3H3. The second-order valence-corrected chi connectivity index (χ2v) is 4.96. The Morgan fingerprint density at radius 1 is 1.18 bits per heavy atom. The molecule has 0 fully saturated rings. The average molecular weight is 235 g/mol. The molecule has 0 aliphatic heterocycles. The van der Waals surface area contributed by atoms with Gasteiger partial charge in [-0.2, -0.15) is 0 Å². The van der Waals surface area contributed by atoms with E-state index in [4.69, 9.17) is 5.11 Å². The normalized spacial score (nSPS) is 13.0. The minimum Gasteiger partial charge on any atom is -0.396 e. The maximum atomic E-state index is 9.06. The van der Waals surface area contributed by atoms with Crippen LogP contribution in [-0.2, 0) is 6.42 Å². The summed E-state index contributed by atoms with van der Waals surface area (Å²) in [5, 5.41) is 12.5. The Morgan fingerprint density at radius 3 is 2.29 bits per heavy atom. The van der Waals surface area contributed by atoms with Crippen molar-refractivity contribution in [1.82, 2.24) is 5.32 Å². The summed E-state index contributed by atoms with van der Waals surface area (Å²) >= 11 is 0. The van der Waals surface area contributed by atoms with Gasteiger partial charge in [-0.05, 0) is 36.4 Å². The molecule has 0 aliphatic carbocycles. The number of benzene rings is 1. The summed E-state index contributed by atoms with van der Waals surface area (Å²) in [6.45, 7) is 7.73. The van der Waals surface area contributed by atoms with Crippen LogP contribution in [0.15, 0.2) is 24.3 Å². The van der Waals surface area contributed by atoms with E-state index in [9.17, 15) is 0 Å². The SMILES string of the molecule is CCNC(CCO)c1ccc(CC(C)C)cc1. The van der Waals surface area contributed by atoms with Crippen molar-refractivity contribution >= 4 is 0 Å². The van der Waals surface area contributed by atoms with E-state index in [1.165, 1.54) is 11.1 Å². The largest absolute Gasteiger partial charge is 0.396 e. The van der Waals surface area contributed by atoms with Gasteiger partial charge in [0.1, 0.15) is 0 Å². The zero-order valence-electron chi connectivity index (χ0n) is 11.2. The van der Waals surface area contributed by atoms with E-state index in [1.807, 2.05) is 0 Å². The van der Waals surface area contributed by atoms with Crippen LogP contribution in [0.3, 0.4) is 0 Å². The Kier molecular flexibility index (Phi) is 6.23. The first kappa shape index (κ1) is 14.2. The molecular formula is C15H25NO. The topological polar surface area (TPSA) is 32.3 Å². The number of aliphatic hydroxyl groups excluding tert-OH is 1. The molecule has 1 aromatic rings.